The number of thioether (sulfide) groups is 1. The molecule has 0 radical (unpaired) electrons. The van der Waals surface area contributed by atoms with Crippen molar-refractivity contribution >= 4 is 34.0 Å². The topological polar surface area (TPSA) is 86.5 Å². The molecule has 1 aromatic carbocycles. The SMILES string of the molecule is O=c1c2ccccc2nc(SCc2csc(-c3ncccn3)n2)n1Cc1cccnc1. The molecule has 0 aliphatic rings. The highest BCUT2D eigenvalue weighted by Gasteiger charge is 2.14. The van der Waals surface area contributed by atoms with Crippen molar-refractivity contribution in [3.63, 3.8) is 0 Å². The van der Waals surface area contributed by atoms with Gasteiger partial charge in [-0.05, 0) is 29.8 Å². The first kappa shape index (κ1) is 19.5. The summed E-state index contributed by atoms with van der Waals surface area (Å²) in [5.74, 6) is 1.20. The molecule has 0 unspecified atom stereocenters. The summed E-state index contributed by atoms with van der Waals surface area (Å²) in [6.07, 6.45) is 6.89. The molecule has 0 N–H and O–H groups in total. The van der Waals surface area contributed by atoms with E-state index in [1.807, 2.05) is 41.8 Å². The third-order valence-electron chi connectivity index (χ3n) is 4.55. The molecule has 4 aromatic heterocycles. The van der Waals surface area contributed by atoms with Gasteiger partial charge in [-0.1, -0.05) is 30.0 Å². The van der Waals surface area contributed by atoms with Gasteiger partial charge in [0.05, 0.1) is 23.1 Å². The average Bonchev–Trinajstić information content (AvgIpc) is 3.30. The summed E-state index contributed by atoms with van der Waals surface area (Å²) in [5, 5.41) is 4.02. The van der Waals surface area contributed by atoms with Gasteiger partial charge >= 0.3 is 0 Å². The van der Waals surface area contributed by atoms with Crippen molar-refractivity contribution < 1.29 is 0 Å². The van der Waals surface area contributed by atoms with Gasteiger partial charge < -0.3 is 0 Å². The van der Waals surface area contributed by atoms with Gasteiger partial charge in [0.2, 0.25) is 0 Å². The van der Waals surface area contributed by atoms with Crippen molar-refractivity contribution in [2.24, 2.45) is 0 Å². The molecule has 0 aliphatic carbocycles. The summed E-state index contributed by atoms with van der Waals surface area (Å²) >= 11 is 3.00. The van der Waals surface area contributed by atoms with Crippen molar-refractivity contribution in [2.75, 3.05) is 0 Å². The van der Waals surface area contributed by atoms with E-state index in [0.717, 1.165) is 16.3 Å². The molecule has 0 atom stereocenters. The van der Waals surface area contributed by atoms with Crippen molar-refractivity contribution in [3.05, 3.63) is 94.2 Å². The van der Waals surface area contributed by atoms with Crippen molar-refractivity contribution in [2.45, 2.75) is 17.5 Å². The quantitative estimate of drug-likeness (QED) is 0.288. The predicted molar refractivity (Wildman–Crippen MR) is 122 cm³/mol. The first-order valence-electron chi connectivity index (χ1n) is 9.51. The molecule has 5 aromatic rings. The smallest absolute Gasteiger partial charge is 0.262 e. The normalized spacial score (nSPS) is 11.1. The molecule has 0 fully saturated rings. The zero-order valence-corrected chi connectivity index (χ0v) is 17.9. The third-order valence-corrected chi connectivity index (χ3v) is 6.45. The summed E-state index contributed by atoms with van der Waals surface area (Å²) in [4.78, 5) is 35.3. The van der Waals surface area contributed by atoms with Crippen LogP contribution < -0.4 is 5.56 Å². The molecular weight excluding hydrogens is 428 g/mol. The lowest BCUT2D eigenvalue weighted by atomic mass is 10.2. The molecule has 7 nitrogen and oxygen atoms in total. The highest BCUT2D eigenvalue weighted by molar-refractivity contribution is 7.98. The molecule has 152 valence electrons. The largest absolute Gasteiger partial charge is 0.283 e. The van der Waals surface area contributed by atoms with E-state index in [2.05, 4.69) is 19.9 Å². The maximum Gasteiger partial charge on any atom is 0.262 e. The minimum atomic E-state index is -0.0615. The fourth-order valence-corrected chi connectivity index (χ4v) is 4.86. The number of pyridine rings is 1. The predicted octanol–water partition coefficient (Wildman–Crippen LogP) is 4.05. The Bertz CT molecular complexity index is 1390. The van der Waals surface area contributed by atoms with E-state index in [-0.39, 0.29) is 5.56 Å². The molecule has 0 amide bonds. The standard InChI is InChI=1S/C22H16N6OS2/c29-21-17-6-1-2-7-18(17)27-22(28(21)12-15-5-3-8-23-11-15)31-14-16-13-30-20(26-16)19-24-9-4-10-25-19/h1-11,13H,12,14H2. The van der Waals surface area contributed by atoms with Crippen LogP contribution in [-0.2, 0) is 12.3 Å². The Morgan fingerprint density at radius 2 is 1.84 bits per heavy atom. The number of rotatable bonds is 6. The van der Waals surface area contributed by atoms with Crippen LogP contribution in [0.1, 0.15) is 11.3 Å². The highest BCUT2D eigenvalue weighted by atomic mass is 32.2. The van der Waals surface area contributed by atoms with Crippen LogP contribution in [0.5, 0.6) is 0 Å². The van der Waals surface area contributed by atoms with E-state index in [4.69, 9.17) is 4.98 Å². The van der Waals surface area contributed by atoms with E-state index in [9.17, 15) is 4.79 Å². The summed E-state index contributed by atoms with van der Waals surface area (Å²) in [7, 11) is 0. The summed E-state index contributed by atoms with van der Waals surface area (Å²) in [6.45, 7) is 0.410. The van der Waals surface area contributed by atoms with E-state index in [1.54, 1.807) is 35.4 Å². The Morgan fingerprint density at radius 3 is 2.68 bits per heavy atom. The zero-order chi connectivity index (χ0) is 21.0. The minimum absolute atomic E-state index is 0.0615. The Labute approximate surface area is 185 Å². The first-order chi connectivity index (χ1) is 15.3. The summed E-state index contributed by atoms with van der Waals surface area (Å²) < 4.78 is 1.71. The van der Waals surface area contributed by atoms with Gasteiger partial charge in [0, 0.05) is 35.9 Å². The molecule has 0 saturated heterocycles. The van der Waals surface area contributed by atoms with Crippen LogP contribution in [-0.4, -0.2) is 29.5 Å². The van der Waals surface area contributed by atoms with E-state index in [1.165, 1.54) is 23.1 Å². The Hall–Kier alpha value is -3.43. The Morgan fingerprint density at radius 1 is 0.968 bits per heavy atom. The maximum absolute atomic E-state index is 13.2. The van der Waals surface area contributed by atoms with Gasteiger partial charge in [0.1, 0.15) is 0 Å². The average molecular weight is 445 g/mol. The molecular formula is C22H16N6OS2. The summed E-state index contributed by atoms with van der Waals surface area (Å²) in [6, 6.07) is 13.0. The number of benzene rings is 1. The van der Waals surface area contributed by atoms with Gasteiger partial charge in [-0.15, -0.1) is 11.3 Å². The molecule has 9 heteroatoms. The lowest BCUT2D eigenvalue weighted by Crippen LogP contribution is -2.24. The molecule has 0 saturated carbocycles. The van der Waals surface area contributed by atoms with E-state index < -0.39 is 0 Å². The highest BCUT2D eigenvalue weighted by Crippen LogP contribution is 2.26. The molecule has 31 heavy (non-hydrogen) atoms. The van der Waals surface area contributed by atoms with Gasteiger partial charge in [0.25, 0.3) is 5.56 Å². The number of hydrogen-bond acceptors (Lipinski definition) is 8. The molecule has 5 rings (SSSR count). The molecule has 0 aliphatic heterocycles. The second kappa shape index (κ2) is 8.75. The first-order valence-corrected chi connectivity index (χ1v) is 11.4. The molecule has 0 spiro atoms. The second-order valence-electron chi connectivity index (χ2n) is 6.67. The fraction of sp³-hybridized carbons (Fsp3) is 0.0909. The number of para-hydroxylation sites is 1. The van der Waals surface area contributed by atoms with Crippen LogP contribution in [0, 0.1) is 0 Å². The number of fused-ring (bicyclic) bond motifs is 1. The number of hydrogen-bond donors (Lipinski definition) is 0. The van der Waals surface area contributed by atoms with Gasteiger partial charge in [-0.2, -0.15) is 0 Å². The lowest BCUT2D eigenvalue weighted by Gasteiger charge is -2.12. The molecule has 4 heterocycles. The summed E-state index contributed by atoms with van der Waals surface area (Å²) in [5.41, 5.74) is 2.47. The number of aromatic nitrogens is 6. The van der Waals surface area contributed by atoms with Crippen molar-refractivity contribution in [1.82, 2.24) is 29.5 Å². The van der Waals surface area contributed by atoms with E-state index in [0.29, 0.717) is 34.2 Å². The number of thiazole rings is 1. The van der Waals surface area contributed by atoms with Crippen LogP contribution >= 0.6 is 23.1 Å². The number of nitrogens with zero attached hydrogens (tertiary/aromatic N) is 6. The Kier molecular flexibility index (Phi) is 5.51. The van der Waals surface area contributed by atoms with Crippen LogP contribution in [0.2, 0.25) is 0 Å². The molecule has 0 bridgehead atoms. The van der Waals surface area contributed by atoms with E-state index >= 15 is 0 Å². The Balaban J connectivity index is 1.47. The van der Waals surface area contributed by atoms with Gasteiger partial charge in [-0.25, -0.2) is 19.9 Å². The zero-order valence-electron chi connectivity index (χ0n) is 16.3. The van der Waals surface area contributed by atoms with Gasteiger partial charge in [0.15, 0.2) is 16.0 Å². The fourth-order valence-electron chi connectivity index (χ4n) is 3.10. The second-order valence-corrected chi connectivity index (χ2v) is 8.47. The van der Waals surface area contributed by atoms with Crippen molar-refractivity contribution in [3.8, 4) is 10.8 Å². The van der Waals surface area contributed by atoms with Crippen LogP contribution in [0.4, 0.5) is 0 Å². The third kappa shape index (κ3) is 4.23. The lowest BCUT2D eigenvalue weighted by molar-refractivity contribution is 0.656. The monoisotopic (exact) mass is 444 g/mol. The minimum Gasteiger partial charge on any atom is -0.283 e. The van der Waals surface area contributed by atoms with Crippen molar-refractivity contribution in [1.29, 1.82) is 0 Å². The maximum atomic E-state index is 13.2. The van der Waals surface area contributed by atoms with Gasteiger partial charge in [-0.3, -0.25) is 14.3 Å². The van der Waals surface area contributed by atoms with Crippen LogP contribution in [0.15, 0.2) is 82.6 Å². The van der Waals surface area contributed by atoms with Crippen LogP contribution in [0.25, 0.3) is 21.7 Å². The van der Waals surface area contributed by atoms with Crippen LogP contribution in [0.3, 0.4) is 0 Å².